The monoisotopic (exact) mass is 428 g/mol. The number of methoxy groups -OCH3 is 1. The third kappa shape index (κ3) is 5.39. The van der Waals surface area contributed by atoms with Crippen LogP contribution in [0.2, 0.25) is 0 Å². The summed E-state index contributed by atoms with van der Waals surface area (Å²) in [5.41, 5.74) is 0.730. The summed E-state index contributed by atoms with van der Waals surface area (Å²) < 4.78 is 30.0. The molecule has 1 atom stereocenters. The highest BCUT2D eigenvalue weighted by molar-refractivity contribution is 5.51. The zero-order valence-corrected chi connectivity index (χ0v) is 17.9. The van der Waals surface area contributed by atoms with Gasteiger partial charge in [0.2, 0.25) is 5.89 Å². The van der Waals surface area contributed by atoms with Gasteiger partial charge in [-0.25, -0.2) is 4.39 Å². The van der Waals surface area contributed by atoms with Crippen LogP contribution in [-0.2, 0) is 0 Å². The van der Waals surface area contributed by atoms with Gasteiger partial charge in [0.05, 0.1) is 7.11 Å². The maximum atomic E-state index is 13.1. The molecule has 2 heterocycles. The standard InChI is InChI=1S/C23H27FN4O3/c1-17(22-25-26-23(31-22)18-3-5-19(24)6-4-18)28-13-11-27(12-14-28)15-16-30-21-9-7-20(29-2)8-10-21/h3-10,17H,11-16H2,1-2H3/p+2/t17-/m0/s1. The molecule has 1 aromatic heterocycles. The van der Waals surface area contributed by atoms with Crippen molar-refractivity contribution in [3.8, 4) is 23.0 Å². The van der Waals surface area contributed by atoms with E-state index in [1.165, 1.54) is 17.0 Å². The van der Waals surface area contributed by atoms with E-state index in [4.69, 9.17) is 13.9 Å². The summed E-state index contributed by atoms with van der Waals surface area (Å²) in [5.74, 6) is 2.47. The van der Waals surface area contributed by atoms with Gasteiger partial charge in [-0.1, -0.05) is 0 Å². The summed E-state index contributed by atoms with van der Waals surface area (Å²) in [4.78, 5) is 2.98. The zero-order chi connectivity index (χ0) is 21.6. The van der Waals surface area contributed by atoms with Gasteiger partial charge < -0.3 is 23.7 Å². The van der Waals surface area contributed by atoms with Crippen LogP contribution < -0.4 is 19.3 Å². The molecule has 0 unspecified atom stereocenters. The Hall–Kier alpha value is -2.97. The van der Waals surface area contributed by atoms with Gasteiger partial charge >= 0.3 is 0 Å². The summed E-state index contributed by atoms with van der Waals surface area (Å²) in [6.07, 6.45) is 0. The molecule has 164 valence electrons. The number of nitrogens with zero attached hydrogens (tertiary/aromatic N) is 2. The molecule has 1 aliphatic heterocycles. The molecular weight excluding hydrogens is 399 g/mol. The predicted octanol–water partition coefficient (Wildman–Crippen LogP) is 0.808. The summed E-state index contributed by atoms with van der Waals surface area (Å²) in [7, 11) is 1.66. The van der Waals surface area contributed by atoms with E-state index in [1.807, 2.05) is 24.3 Å². The molecule has 0 spiro atoms. The highest BCUT2D eigenvalue weighted by Crippen LogP contribution is 2.20. The van der Waals surface area contributed by atoms with E-state index in [0.29, 0.717) is 18.4 Å². The number of hydrogen-bond donors (Lipinski definition) is 2. The van der Waals surface area contributed by atoms with Crippen molar-refractivity contribution in [2.75, 3.05) is 46.4 Å². The third-order valence-corrected chi connectivity index (χ3v) is 5.90. The SMILES string of the molecule is COc1ccc(OCC[NH+]2CC[NH+]([C@@H](C)c3nnc(-c4ccc(F)cc4)o3)CC2)cc1. The second-order valence-electron chi connectivity index (χ2n) is 7.86. The lowest BCUT2D eigenvalue weighted by molar-refractivity contribution is -1.03. The second-order valence-corrected chi connectivity index (χ2v) is 7.86. The minimum absolute atomic E-state index is 0.124. The number of benzene rings is 2. The van der Waals surface area contributed by atoms with E-state index < -0.39 is 0 Å². The Bertz CT molecular complexity index is 954. The Kier molecular flexibility index (Phi) is 6.79. The van der Waals surface area contributed by atoms with E-state index in [9.17, 15) is 4.39 Å². The van der Waals surface area contributed by atoms with Crippen LogP contribution >= 0.6 is 0 Å². The quantitative estimate of drug-likeness (QED) is 0.556. The Labute approximate surface area is 181 Å². The van der Waals surface area contributed by atoms with E-state index in [-0.39, 0.29) is 11.9 Å². The largest absolute Gasteiger partial charge is 0.497 e. The maximum absolute atomic E-state index is 13.1. The number of halogens is 1. The molecule has 2 aromatic carbocycles. The molecule has 31 heavy (non-hydrogen) atoms. The number of nitrogens with one attached hydrogen (secondary N) is 2. The topological polar surface area (TPSA) is 66.3 Å². The van der Waals surface area contributed by atoms with Crippen LogP contribution in [0.15, 0.2) is 52.9 Å². The average Bonchev–Trinajstić information content (AvgIpc) is 3.30. The number of aromatic nitrogens is 2. The van der Waals surface area contributed by atoms with E-state index in [1.54, 1.807) is 24.1 Å². The Balaban J connectivity index is 1.23. The zero-order valence-electron chi connectivity index (χ0n) is 17.9. The van der Waals surface area contributed by atoms with Gasteiger partial charge in [-0.3, -0.25) is 0 Å². The molecule has 1 aliphatic rings. The minimum Gasteiger partial charge on any atom is -0.497 e. The van der Waals surface area contributed by atoms with Crippen molar-refractivity contribution in [2.45, 2.75) is 13.0 Å². The summed E-state index contributed by atoms with van der Waals surface area (Å²) in [6, 6.07) is 13.9. The first-order chi connectivity index (χ1) is 15.1. The second kappa shape index (κ2) is 9.89. The van der Waals surface area contributed by atoms with Gasteiger partial charge in [-0.15, -0.1) is 10.2 Å². The molecule has 1 saturated heterocycles. The minimum atomic E-state index is -0.281. The number of piperazine rings is 1. The molecule has 0 saturated carbocycles. The van der Waals surface area contributed by atoms with Crippen LogP contribution in [0.5, 0.6) is 11.5 Å². The van der Waals surface area contributed by atoms with Gasteiger partial charge in [-0.2, -0.15) is 0 Å². The lowest BCUT2D eigenvalue weighted by atomic mass is 10.2. The van der Waals surface area contributed by atoms with E-state index in [2.05, 4.69) is 17.1 Å². The molecule has 4 rings (SSSR count). The van der Waals surface area contributed by atoms with Crippen molar-refractivity contribution in [1.29, 1.82) is 0 Å². The normalized spacial score (nSPS) is 19.7. The van der Waals surface area contributed by atoms with E-state index >= 15 is 0 Å². The van der Waals surface area contributed by atoms with Crippen molar-refractivity contribution in [2.24, 2.45) is 0 Å². The Morgan fingerprint density at radius 2 is 1.65 bits per heavy atom. The first-order valence-electron chi connectivity index (χ1n) is 10.7. The number of rotatable bonds is 8. The van der Waals surface area contributed by atoms with Crippen LogP contribution in [0.3, 0.4) is 0 Å². The van der Waals surface area contributed by atoms with Crippen LogP contribution in [-0.4, -0.2) is 56.6 Å². The van der Waals surface area contributed by atoms with Gasteiger partial charge in [0, 0.05) is 5.56 Å². The molecule has 8 heteroatoms. The van der Waals surface area contributed by atoms with Crippen molar-refractivity contribution < 1.29 is 28.1 Å². The summed E-state index contributed by atoms with van der Waals surface area (Å²) >= 11 is 0. The molecule has 3 aromatic rings. The van der Waals surface area contributed by atoms with Gasteiger partial charge in [-0.05, 0) is 55.5 Å². The fraction of sp³-hybridized carbons (Fsp3) is 0.391. The Morgan fingerprint density at radius 3 is 2.32 bits per heavy atom. The summed E-state index contributed by atoms with van der Waals surface area (Å²) in [5, 5.41) is 8.38. The van der Waals surface area contributed by atoms with Crippen LogP contribution in [0.25, 0.3) is 11.5 Å². The van der Waals surface area contributed by atoms with Gasteiger partial charge in [0.25, 0.3) is 5.89 Å². The fourth-order valence-corrected chi connectivity index (χ4v) is 3.89. The number of quaternary nitrogens is 2. The van der Waals surface area contributed by atoms with Gasteiger partial charge in [0.15, 0.2) is 6.04 Å². The predicted molar refractivity (Wildman–Crippen MR) is 113 cm³/mol. The lowest BCUT2D eigenvalue weighted by Crippen LogP contribution is -3.28. The summed E-state index contributed by atoms with van der Waals surface area (Å²) in [6.45, 7) is 8.01. The molecule has 0 radical (unpaired) electrons. The van der Waals surface area contributed by atoms with Gasteiger partial charge in [0.1, 0.15) is 56.6 Å². The molecule has 0 bridgehead atoms. The lowest BCUT2D eigenvalue weighted by Gasteiger charge is -2.31. The van der Waals surface area contributed by atoms with Crippen LogP contribution in [0.1, 0.15) is 18.9 Å². The van der Waals surface area contributed by atoms with E-state index in [0.717, 1.165) is 49.8 Å². The van der Waals surface area contributed by atoms with Crippen molar-refractivity contribution in [3.05, 3.63) is 60.2 Å². The van der Waals surface area contributed by atoms with Crippen molar-refractivity contribution in [3.63, 3.8) is 0 Å². The fourth-order valence-electron chi connectivity index (χ4n) is 3.89. The first kappa shape index (κ1) is 21.3. The average molecular weight is 429 g/mol. The molecule has 0 amide bonds. The third-order valence-electron chi connectivity index (χ3n) is 5.90. The Morgan fingerprint density at radius 1 is 0.968 bits per heavy atom. The molecular formula is C23H29FN4O3+2. The highest BCUT2D eigenvalue weighted by atomic mass is 19.1. The van der Waals surface area contributed by atoms with Crippen molar-refractivity contribution in [1.82, 2.24) is 10.2 Å². The highest BCUT2D eigenvalue weighted by Gasteiger charge is 2.31. The molecule has 1 fully saturated rings. The van der Waals surface area contributed by atoms with Crippen molar-refractivity contribution >= 4 is 0 Å². The number of hydrogen-bond acceptors (Lipinski definition) is 5. The smallest absolute Gasteiger partial charge is 0.274 e. The maximum Gasteiger partial charge on any atom is 0.274 e. The molecule has 0 aliphatic carbocycles. The van der Waals surface area contributed by atoms with Crippen LogP contribution in [0.4, 0.5) is 4.39 Å². The number of ether oxygens (including phenoxy) is 2. The van der Waals surface area contributed by atoms with Crippen LogP contribution in [0, 0.1) is 5.82 Å². The molecule has 2 N–H and O–H groups in total. The molecule has 7 nitrogen and oxygen atoms in total. The first-order valence-corrected chi connectivity index (χ1v) is 10.7.